The van der Waals surface area contributed by atoms with Crippen LogP contribution in [0.4, 0.5) is 0 Å². The Morgan fingerprint density at radius 3 is 2.57 bits per heavy atom. The molecular weight excluding hydrogens is 348 g/mol. The molecule has 0 aromatic carbocycles. The predicted octanol–water partition coefficient (Wildman–Crippen LogP) is 3.82. The zero-order valence-electron chi connectivity index (χ0n) is 18.1. The molecular formula is C23H32N4O. The maximum absolute atomic E-state index is 12.7. The number of rotatable bonds is 4. The maximum atomic E-state index is 12.7. The van der Waals surface area contributed by atoms with E-state index in [-0.39, 0.29) is 17.7 Å². The normalized spacial score (nSPS) is 27.1. The molecule has 2 aliphatic heterocycles. The van der Waals surface area contributed by atoms with Gasteiger partial charge in [-0.05, 0) is 36.1 Å². The summed E-state index contributed by atoms with van der Waals surface area (Å²) in [4.78, 5) is 21.1. The molecule has 28 heavy (non-hydrogen) atoms. The molecule has 3 aliphatic rings. The minimum Gasteiger partial charge on any atom is -0.374 e. The minimum absolute atomic E-state index is 0.157. The second-order valence-corrected chi connectivity index (χ2v) is 8.77. The summed E-state index contributed by atoms with van der Waals surface area (Å²) in [6, 6.07) is 0. The van der Waals surface area contributed by atoms with Crippen molar-refractivity contribution < 1.29 is 4.79 Å². The van der Waals surface area contributed by atoms with Crippen LogP contribution in [0.3, 0.4) is 0 Å². The van der Waals surface area contributed by atoms with Crippen molar-refractivity contribution in [3.8, 4) is 0 Å². The Balaban J connectivity index is 1.83. The van der Waals surface area contributed by atoms with Gasteiger partial charge in [0, 0.05) is 62.8 Å². The Morgan fingerprint density at radius 1 is 1.29 bits per heavy atom. The maximum Gasteiger partial charge on any atom is 0.232 e. The molecule has 0 aromatic heterocycles. The molecule has 1 amide bonds. The van der Waals surface area contributed by atoms with Crippen molar-refractivity contribution in [1.82, 2.24) is 9.80 Å². The number of aliphatic imine (C=N–C) groups is 1. The van der Waals surface area contributed by atoms with Crippen molar-refractivity contribution in [2.24, 2.45) is 22.2 Å². The third kappa shape index (κ3) is 3.27. The lowest BCUT2D eigenvalue weighted by atomic mass is 9.70. The van der Waals surface area contributed by atoms with Gasteiger partial charge in [-0.15, -0.1) is 0 Å². The van der Waals surface area contributed by atoms with Crippen molar-refractivity contribution >= 4 is 17.3 Å². The monoisotopic (exact) mass is 380 g/mol. The number of hydrogen-bond donors (Lipinski definition) is 1. The molecule has 0 radical (unpaired) electrons. The van der Waals surface area contributed by atoms with Gasteiger partial charge in [-0.25, -0.2) is 0 Å². The molecule has 0 spiro atoms. The van der Waals surface area contributed by atoms with E-state index in [9.17, 15) is 4.79 Å². The fourth-order valence-electron chi connectivity index (χ4n) is 4.70. The Labute approximate surface area is 168 Å². The van der Waals surface area contributed by atoms with E-state index in [0.717, 1.165) is 29.1 Å². The fraction of sp³-hybridized carbons (Fsp3) is 0.522. The van der Waals surface area contributed by atoms with Gasteiger partial charge in [0.15, 0.2) is 0 Å². The van der Waals surface area contributed by atoms with Crippen LogP contribution in [0.1, 0.15) is 34.1 Å². The molecule has 1 saturated heterocycles. The highest BCUT2D eigenvalue weighted by Crippen LogP contribution is 2.49. The first-order valence-corrected chi connectivity index (χ1v) is 9.93. The molecule has 0 aromatic rings. The van der Waals surface area contributed by atoms with Crippen LogP contribution in [0.15, 0.2) is 51.8 Å². The van der Waals surface area contributed by atoms with E-state index in [1.165, 1.54) is 5.70 Å². The summed E-state index contributed by atoms with van der Waals surface area (Å²) in [5, 5.41) is 8.73. The van der Waals surface area contributed by atoms with Crippen LogP contribution in [-0.4, -0.2) is 54.8 Å². The summed E-state index contributed by atoms with van der Waals surface area (Å²) in [7, 11) is 5.72. The Morgan fingerprint density at radius 2 is 1.96 bits per heavy atom. The Kier molecular flexibility index (Phi) is 5.22. The number of carbonyl (C=O) groups is 1. The molecule has 1 fully saturated rings. The van der Waals surface area contributed by atoms with E-state index >= 15 is 0 Å². The fourth-order valence-corrected chi connectivity index (χ4v) is 4.70. The standard InChI is InChI=1S/C23H32N4O/c1-14-10-17(12-20-21(14)23(3,4)22(28)27(20)7)18(24)13-19(25-5)16-8-9-26(6)15(2)11-16/h8,10-12,14,21,24H,9,13H2,1-7H3. The number of hydrogen-bond acceptors (Lipinski definition) is 4. The van der Waals surface area contributed by atoms with Crippen LogP contribution in [0.5, 0.6) is 0 Å². The van der Waals surface area contributed by atoms with Crippen LogP contribution in [0.25, 0.3) is 0 Å². The number of nitrogens with one attached hydrogen (secondary N) is 1. The van der Waals surface area contributed by atoms with E-state index in [1.54, 1.807) is 11.9 Å². The van der Waals surface area contributed by atoms with Crippen molar-refractivity contribution in [3.05, 3.63) is 46.8 Å². The van der Waals surface area contributed by atoms with Gasteiger partial charge in [-0.1, -0.05) is 32.9 Å². The summed E-state index contributed by atoms with van der Waals surface area (Å²) in [5.74, 6) is 0.540. The quantitative estimate of drug-likeness (QED) is 0.754. The minimum atomic E-state index is -0.401. The van der Waals surface area contributed by atoms with Crippen molar-refractivity contribution in [2.45, 2.75) is 34.1 Å². The third-order valence-corrected chi connectivity index (χ3v) is 6.46. The summed E-state index contributed by atoms with van der Waals surface area (Å²) >= 11 is 0. The number of fused-ring (bicyclic) bond motifs is 1. The van der Waals surface area contributed by atoms with Crippen LogP contribution in [0.2, 0.25) is 0 Å². The third-order valence-electron chi connectivity index (χ3n) is 6.46. The van der Waals surface area contributed by atoms with Gasteiger partial charge in [0.1, 0.15) is 0 Å². The highest BCUT2D eigenvalue weighted by atomic mass is 16.2. The van der Waals surface area contributed by atoms with E-state index in [2.05, 4.69) is 49.0 Å². The van der Waals surface area contributed by atoms with Gasteiger partial charge in [-0.3, -0.25) is 9.79 Å². The summed E-state index contributed by atoms with van der Waals surface area (Å²) < 4.78 is 0. The van der Waals surface area contributed by atoms with Gasteiger partial charge in [0.2, 0.25) is 5.91 Å². The van der Waals surface area contributed by atoms with Gasteiger partial charge in [0.25, 0.3) is 0 Å². The van der Waals surface area contributed by atoms with Crippen LogP contribution in [-0.2, 0) is 4.79 Å². The average Bonchev–Trinajstić information content (AvgIpc) is 2.82. The zero-order valence-corrected chi connectivity index (χ0v) is 18.1. The van der Waals surface area contributed by atoms with Crippen LogP contribution < -0.4 is 0 Å². The van der Waals surface area contributed by atoms with Crippen molar-refractivity contribution in [1.29, 1.82) is 5.41 Å². The first kappa shape index (κ1) is 20.3. The number of nitrogens with zero attached hydrogens (tertiary/aromatic N) is 3. The number of carbonyl (C=O) groups excluding carboxylic acids is 1. The van der Waals surface area contributed by atoms with E-state index in [1.807, 2.05) is 27.0 Å². The molecule has 0 saturated carbocycles. The molecule has 3 rings (SSSR count). The number of allylic oxidation sites excluding steroid dienone is 7. The second-order valence-electron chi connectivity index (χ2n) is 8.77. The lowest BCUT2D eigenvalue weighted by Gasteiger charge is -2.31. The molecule has 0 bridgehead atoms. The van der Waals surface area contributed by atoms with Gasteiger partial charge >= 0.3 is 0 Å². The van der Waals surface area contributed by atoms with Crippen molar-refractivity contribution in [2.75, 3.05) is 27.7 Å². The molecule has 2 atom stereocenters. The first-order chi connectivity index (χ1) is 13.1. The van der Waals surface area contributed by atoms with Crippen molar-refractivity contribution in [3.63, 3.8) is 0 Å². The van der Waals surface area contributed by atoms with E-state index < -0.39 is 5.41 Å². The van der Waals surface area contributed by atoms with E-state index in [4.69, 9.17) is 5.41 Å². The average molecular weight is 381 g/mol. The van der Waals surface area contributed by atoms with Gasteiger partial charge in [0.05, 0.1) is 5.41 Å². The molecule has 1 N–H and O–H groups in total. The second kappa shape index (κ2) is 7.19. The van der Waals surface area contributed by atoms with Crippen LogP contribution >= 0.6 is 0 Å². The SMILES string of the molecule is CN=C(CC(=N)C1=CC(C)C2C(=C1)N(C)C(=O)C2(C)C)C1=CCN(C)C(C)=C1. The predicted molar refractivity (Wildman–Crippen MR) is 116 cm³/mol. The summed E-state index contributed by atoms with van der Waals surface area (Å²) in [6.45, 7) is 9.16. The largest absolute Gasteiger partial charge is 0.374 e. The zero-order chi connectivity index (χ0) is 20.8. The summed E-state index contributed by atoms with van der Waals surface area (Å²) in [6.07, 6.45) is 8.99. The molecule has 5 heteroatoms. The van der Waals surface area contributed by atoms with Crippen LogP contribution in [0, 0.1) is 22.7 Å². The highest BCUT2D eigenvalue weighted by molar-refractivity contribution is 6.18. The molecule has 150 valence electrons. The molecule has 5 nitrogen and oxygen atoms in total. The Hall–Kier alpha value is -2.43. The molecule has 2 heterocycles. The first-order valence-electron chi connectivity index (χ1n) is 9.93. The highest BCUT2D eigenvalue weighted by Gasteiger charge is 2.51. The molecule has 1 aliphatic carbocycles. The smallest absolute Gasteiger partial charge is 0.232 e. The number of amides is 1. The lowest BCUT2D eigenvalue weighted by molar-refractivity contribution is -0.133. The number of likely N-dealkylation sites (tertiary alicyclic amines) is 1. The topological polar surface area (TPSA) is 59.8 Å². The summed E-state index contributed by atoms with van der Waals surface area (Å²) in [5.41, 5.74) is 5.33. The van der Waals surface area contributed by atoms with Gasteiger partial charge in [-0.2, -0.15) is 0 Å². The van der Waals surface area contributed by atoms with Gasteiger partial charge < -0.3 is 15.2 Å². The number of likely N-dealkylation sites (N-methyl/N-ethyl adjacent to an activating group) is 1. The molecule has 2 unspecified atom stereocenters. The lowest BCUT2D eigenvalue weighted by Crippen LogP contribution is -2.31. The Bertz CT molecular complexity index is 869. The van der Waals surface area contributed by atoms with E-state index in [0.29, 0.717) is 12.1 Å².